The lowest BCUT2D eigenvalue weighted by Crippen LogP contribution is -2.33. The van der Waals surface area contributed by atoms with Gasteiger partial charge in [0.05, 0.1) is 25.3 Å². The van der Waals surface area contributed by atoms with Gasteiger partial charge in [-0.3, -0.25) is 14.6 Å². The van der Waals surface area contributed by atoms with Gasteiger partial charge in [-0.1, -0.05) is 45.4 Å². The van der Waals surface area contributed by atoms with Gasteiger partial charge in [-0.15, -0.1) is 0 Å². The van der Waals surface area contributed by atoms with Gasteiger partial charge < -0.3 is 25.3 Å². The second kappa shape index (κ2) is 14.2. The summed E-state index contributed by atoms with van der Waals surface area (Å²) in [7, 11) is 1.56. The Labute approximate surface area is 250 Å². The van der Waals surface area contributed by atoms with Crippen LogP contribution in [-0.4, -0.2) is 41.5 Å². The van der Waals surface area contributed by atoms with Crippen LogP contribution < -0.4 is 25.3 Å². The zero-order valence-electron chi connectivity index (χ0n) is 24.7. The topological polar surface area (TPSA) is 113 Å². The Bertz CT molecular complexity index is 1410. The molecule has 0 spiro atoms. The van der Waals surface area contributed by atoms with E-state index in [4.69, 9.17) is 19.9 Å². The van der Waals surface area contributed by atoms with Crippen molar-refractivity contribution in [3.8, 4) is 23.0 Å². The smallest absolute Gasteiger partial charge is 0.230 e. The molecule has 8 nitrogen and oxygen atoms in total. The average Bonchev–Trinajstić information content (AvgIpc) is 3.73. The molecular formula is C32H40FN3O5S. The van der Waals surface area contributed by atoms with Gasteiger partial charge >= 0.3 is 0 Å². The number of hydrogen-bond acceptors (Lipinski definition) is 8. The van der Waals surface area contributed by atoms with Crippen LogP contribution in [0.1, 0.15) is 59.3 Å². The predicted molar refractivity (Wildman–Crippen MR) is 165 cm³/mol. The number of aromatic nitrogens is 1. The molecule has 10 heteroatoms. The van der Waals surface area contributed by atoms with Crippen LogP contribution in [0.15, 0.2) is 42.6 Å². The molecule has 1 amide bonds. The van der Waals surface area contributed by atoms with Gasteiger partial charge in [0, 0.05) is 40.6 Å². The Kier molecular flexibility index (Phi) is 10.7. The lowest BCUT2D eigenvalue weighted by Gasteiger charge is -2.15. The van der Waals surface area contributed by atoms with E-state index >= 15 is 0 Å². The minimum atomic E-state index is -0.588. The molecule has 1 unspecified atom stereocenters. The van der Waals surface area contributed by atoms with Crippen molar-refractivity contribution in [3.05, 3.63) is 48.4 Å². The maximum atomic E-state index is 14.9. The molecule has 1 aromatic heterocycles. The van der Waals surface area contributed by atoms with Crippen molar-refractivity contribution in [2.24, 2.45) is 17.1 Å². The maximum absolute atomic E-state index is 14.9. The molecule has 4 rings (SSSR count). The zero-order valence-corrected chi connectivity index (χ0v) is 25.5. The number of anilines is 1. The second-order valence-corrected chi connectivity index (χ2v) is 12.4. The van der Waals surface area contributed by atoms with Crippen LogP contribution in [0.25, 0.3) is 10.9 Å². The van der Waals surface area contributed by atoms with Gasteiger partial charge in [-0.25, -0.2) is 4.39 Å². The molecule has 0 aliphatic heterocycles. The summed E-state index contributed by atoms with van der Waals surface area (Å²) in [4.78, 5) is 28.7. The number of nitrogens with two attached hydrogens (primary N) is 1. The summed E-state index contributed by atoms with van der Waals surface area (Å²) in [5, 5.41) is 3.48. The first-order valence-corrected chi connectivity index (χ1v) is 15.4. The zero-order chi connectivity index (χ0) is 30.3. The van der Waals surface area contributed by atoms with E-state index in [1.807, 2.05) is 20.8 Å². The molecule has 0 saturated heterocycles. The monoisotopic (exact) mass is 597 g/mol. The molecule has 1 saturated carbocycles. The Hall–Kier alpha value is -3.37. The number of nitrogens with one attached hydrogen (secondary N) is 1. The molecule has 226 valence electrons. The Morgan fingerprint density at radius 3 is 2.50 bits per heavy atom. The van der Waals surface area contributed by atoms with Gasteiger partial charge in [-0.05, 0) is 55.9 Å². The number of benzene rings is 2. The van der Waals surface area contributed by atoms with Crippen molar-refractivity contribution < 1.29 is 28.2 Å². The minimum absolute atomic E-state index is 0.0305. The number of methoxy groups -OCH3 is 1. The summed E-state index contributed by atoms with van der Waals surface area (Å²) in [6.45, 7) is 6.32. The lowest BCUT2D eigenvalue weighted by atomic mass is 10.1. The standard InChI is InChI=1S/C32H40FN3O5S/c1-20(2)29(34)30(37)42-16-8-6-5-7-15-40-28-19-24-22(18-27(28)39-4)25(11-14-35-24)41-26-10-9-21(17-23(26)33)36-31(38)32(3)12-13-32/h9-11,14,17-20,29H,5-8,12-13,15-16,34H2,1-4H3,(H,36,38). The highest BCUT2D eigenvalue weighted by atomic mass is 32.2. The van der Waals surface area contributed by atoms with Gasteiger partial charge in [0.15, 0.2) is 23.1 Å². The van der Waals surface area contributed by atoms with Gasteiger partial charge in [-0.2, -0.15) is 0 Å². The molecule has 0 bridgehead atoms. The lowest BCUT2D eigenvalue weighted by molar-refractivity contribution is -0.120. The SMILES string of the molecule is COc1cc2c(Oc3ccc(NC(=O)C4(C)CC4)cc3F)ccnc2cc1OCCCCCCSC(=O)C(N)C(C)C. The van der Waals surface area contributed by atoms with E-state index < -0.39 is 11.9 Å². The number of nitrogens with zero attached hydrogens (tertiary/aromatic N) is 1. The molecular weight excluding hydrogens is 557 g/mol. The summed E-state index contributed by atoms with van der Waals surface area (Å²) in [6.07, 6.45) is 7.05. The number of hydrogen-bond donors (Lipinski definition) is 2. The Morgan fingerprint density at radius 2 is 1.81 bits per heavy atom. The number of carbonyl (C=O) groups excluding carboxylic acids is 2. The van der Waals surface area contributed by atoms with E-state index in [1.54, 1.807) is 37.6 Å². The molecule has 0 radical (unpaired) electrons. The summed E-state index contributed by atoms with van der Waals surface area (Å²) < 4.78 is 32.4. The average molecular weight is 598 g/mol. The summed E-state index contributed by atoms with van der Waals surface area (Å²) in [5.41, 5.74) is 6.55. The van der Waals surface area contributed by atoms with E-state index in [2.05, 4.69) is 10.3 Å². The number of fused-ring (bicyclic) bond motifs is 1. The first kappa shape index (κ1) is 31.6. The summed E-state index contributed by atoms with van der Waals surface area (Å²) in [6, 6.07) is 9.20. The van der Waals surface area contributed by atoms with Gasteiger partial charge in [0.1, 0.15) is 5.75 Å². The van der Waals surface area contributed by atoms with Crippen LogP contribution in [0.5, 0.6) is 23.0 Å². The highest BCUT2D eigenvalue weighted by molar-refractivity contribution is 8.13. The first-order chi connectivity index (χ1) is 20.1. The quantitative estimate of drug-likeness (QED) is 0.179. The maximum Gasteiger partial charge on any atom is 0.230 e. The number of unbranched alkanes of at least 4 members (excludes halogenated alkanes) is 3. The van der Waals surface area contributed by atoms with Crippen molar-refractivity contribution in [2.45, 2.75) is 65.3 Å². The van der Waals surface area contributed by atoms with Crippen LogP contribution in [0, 0.1) is 17.2 Å². The van der Waals surface area contributed by atoms with E-state index in [0.29, 0.717) is 40.4 Å². The molecule has 3 N–H and O–H groups in total. The first-order valence-electron chi connectivity index (χ1n) is 14.4. The van der Waals surface area contributed by atoms with Gasteiger partial charge in [0.25, 0.3) is 0 Å². The van der Waals surface area contributed by atoms with Crippen LogP contribution in [0.3, 0.4) is 0 Å². The molecule has 1 atom stereocenters. The molecule has 1 heterocycles. The minimum Gasteiger partial charge on any atom is -0.493 e. The van der Waals surface area contributed by atoms with Crippen molar-refractivity contribution in [1.29, 1.82) is 0 Å². The van der Waals surface area contributed by atoms with E-state index in [1.165, 1.54) is 23.9 Å². The normalized spacial score (nSPS) is 14.5. The fourth-order valence-electron chi connectivity index (χ4n) is 4.25. The molecule has 1 fully saturated rings. The third-order valence-corrected chi connectivity index (χ3v) is 8.53. The third-order valence-electron chi connectivity index (χ3n) is 7.48. The van der Waals surface area contributed by atoms with Crippen molar-refractivity contribution >= 4 is 39.4 Å². The fourth-order valence-corrected chi connectivity index (χ4v) is 5.26. The Morgan fingerprint density at radius 1 is 1.05 bits per heavy atom. The summed E-state index contributed by atoms with van der Waals surface area (Å²) in [5.74, 6) is 1.77. The van der Waals surface area contributed by atoms with E-state index in [9.17, 15) is 14.0 Å². The number of ether oxygens (including phenoxy) is 3. The third kappa shape index (κ3) is 8.13. The Balaban J connectivity index is 1.31. The van der Waals surface area contributed by atoms with Gasteiger partial charge in [0.2, 0.25) is 11.0 Å². The molecule has 3 aromatic rings. The van der Waals surface area contributed by atoms with Crippen LogP contribution in [0.2, 0.25) is 0 Å². The largest absolute Gasteiger partial charge is 0.493 e. The van der Waals surface area contributed by atoms with E-state index in [0.717, 1.165) is 44.3 Å². The van der Waals surface area contributed by atoms with Crippen molar-refractivity contribution in [3.63, 3.8) is 0 Å². The highest BCUT2D eigenvalue weighted by Gasteiger charge is 2.44. The number of thioether (sulfide) groups is 1. The number of amides is 1. The summed E-state index contributed by atoms with van der Waals surface area (Å²) >= 11 is 1.32. The number of pyridine rings is 1. The van der Waals surface area contributed by atoms with Crippen molar-refractivity contribution in [1.82, 2.24) is 4.98 Å². The fraction of sp³-hybridized carbons (Fsp3) is 0.469. The number of halogens is 1. The number of rotatable bonds is 15. The van der Waals surface area contributed by atoms with Crippen LogP contribution in [0.4, 0.5) is 10.1 Å². The van der Waals surface area contributed by atoms with E-state index in [-0.39, 0.29) is 28.1 Å². The molecule has 1 aliphatic carbocycles. The van der Waals surface area contributed by atoms with Crippen molar-refractivity contribution in [2.75, 3.05) is 24.8 Å². The molecule has 1 aliphatic rings. The predicted octanol–water partition coefficient (Wildman–Crippen LogP) is 7.10. The number of carbonyl (C=O) groups is 2. The van der Waals surface area contributed by atoms with Crippen LogP contribution in [-0.2, 0) is 9.59 Å². The molecule has 2 aromatic carbocycles. The second-order valence-electron chi connectivity index (χ2n) is 11.3. The highest BCUT2D eigenvalue weighted by Crippen LogP contribution is 2.46. The molecule has 42 heavy (non-hydrogen) atoms. The van der Waals surface area contributed by atoms with Crippen LogP contribution >= 0.6 is 11.8 Å².